The SMILES string of the molecule is Cc1cc(OCC(=O)c2ccc(Br)cc2)cc(=O)o1. The van der Waals surface area contributed by atoms with Gasteiger partial charge in [0.2, 0.25) is 0 Å². The molecule has 0 aliphatic heterocycles. The summed E-state index contributed by atoms with van der Waals surface area (Å²) in [5, 5.41) is 0. The Morgan fingerprint density at radius 1 is 1.26 bits per heavy atom. The molecular weight excluding hydrogens is 312 g/mol. The van der Waals surface area contributed by atoms with Gasteiger partial charge in [0.05, 0.1) is 6.07 Å². The predicted octanol–water partition coefficient (Wildman–Crippen LogP) is 2.97. The molecule has 5 heteroatoms. The van der Waals surface area contributed by atoms with Crippen LogP contribution in [0.15, 0.2) is 50.1 Å². The number of benzene rings is 1. The summed E-state index contributed by atoms with van der Waals surface area (Å²) in [5.74, 6) is 0.621. The number of Topliss-reactive ketones (excluding diaryl/α,β-unsaturated/α-hetero) is 1. The van der Waals surface area contributed by atoms with Crippen LogP contribution in [-0.2, 0) is 0 Å². The van der Waals surface area contributed by atoms with E-state index >= 15 is 0 Å². The third-order valence-corrected chi connectivity index (χ3v) is 2.93. The summed E-state index contributed by atoms with van der Waals surface area (Å²) in [5.41, 5.74) is 0.0639. The van der Waals surface area contributed by atoms with E-state index in [1.165, 1.54) is 6.07 Å². The number of hydrogen-bond donors (Lipinski definition) is 0. The van der Waals surface area contributed by atoms with Crippen LogP contribution in [0, 0.1) is 6.92 Å². The average Bonchev–Trinajstić information content (AvgIpc) is 2.36. The van der Waals surface area contributed by atoms with Crippen molar-refractivity contribution in [2.24, 2.45) is 0 Å². The molecule has 1 heterocycles. The van der Waals surface area contributed by atoms with Crippen LogP contribution in [0.2, 0.25) is 0 Å². The predicted molar refractivity (Wildman–Crippen MR) is 73.7 cm³/mol. The van der Waals surface area contributed by atoms with Gasteiger partial charge < -0.3 is 9.15 Å². The second-order valence-electron chi connectivity index (χ2n) is 3.94. The maximum atomic E-state index is 11.9. The molecule has 0 fully saturated rings. The van der Waals surface area contributed by atoms with Crippen molar-refractivity contribution in [3.63, 3.8) is 0 Å². The number of carbonyl (C=O) groups is 1. The van der Waals surface area contributed by atoms with E-state index in [2.05, 4.69) is 15.9 Å². The van der Waals surface area contributed by atoms with Gasteiger partial charge >= 0.3 is 5.63 Å². The van der Waals surface area contributed by atoms with E-state index in [1.807, 2.05) is 0 Å². The minimum atomic E-state index is -0.494. The van der Waals surface area contributed by atoms with Gasteiger partial charge in [0, 0.05) is 16.1 Å². The van der Waals surface area contributed by atoms with Crippen molar-refractivity contribution >= 4 is 21.7 Å². The lowest BCUT2D eigenvalue weighted by Gasteiger charge is -2.05. The van der Waals surface area contributed by atoms with Gasteiger partial charge in [0.1, 0.15) is 11.5 Å². The minimum Gasteiger partial charge on any atom is -0.485 e. The zero-order valence-electron chi connectivity index (χ0n) is 10.2. The Kier molecular flexibility index (Phi) is 4.16. The Morgan fingerprint density at radius 2 is 1.95 bits per heavy atom. The van der Waals surface area contributed by atoms with E-state index in [9.17, 15) is 9.59 Å². The van der Waals surface area contributed by atoms with Crippen LogP contribution in [0.5, 0.6) is 5.75 Å². The average molecular weight is 323 g/mol. The molecule has 0 atom stereocenters. The Bertz CT molecular complexity index is 643. The zero-order valence-corrected chi connectivity index (χ0v) is 11.8. The van der Waals surface area contributed by atoms with E-state index in [0.717, 1.165) is 4.47 Å². The van der Waals surface area contributed by atoms with Crippen molar-refractivity contribution in [1.29, 1.82) is 0 Å². The summed E-state index contributed by atoms with van der Waals surface area (Å²) < 4.78 is 11.0. The fourth-order valence-electron chi connectivity index (χ4n) is 1.53. The number of ketones is 1. The largest absolute Gasteiger partial charge is 0.485 e. The molecule has 0 aliphatic carbocycles. The van der Waals surface area contributed by atoms with Crippen molar-refractivity contribution in [2.45, 2.75) is 6.92 Å². The van der Waals surface area contributed by atoms with Crippen LogP contribution in [-0.4, -0.2) is 12.4 Å². The van der Waals surface area contributed by atoms with E-state index < -0.39 is 5.63 Å². The molecule has 1 aromatic carbocycles. The lowest BCUT2D eigenvalue weighted by molar-refractivity contribution is 0.0920. The van der Waals surface area contributed by atoms with E-state index in [4.69, 9.17) is 9.15 Å². The molecule has 0 radical (unpaired) electrons. The second kappa shape index (κ2) is 5.84. The lowest BCUT2D eigenvalue weighted by Crippen LogP contribution is -2.12. The lowest BCUT2D eigenvalue weighted by atomic mass is 10.1. The Hall–Kier alpha value is -1.88. The normalized spacial score (nSPS) is 10.2. The smallest absolute Gasteiger partial charge is 0.339 e. The van der Waals surface area contributed by atoms with Gasteiger partial charge in [-0.25, -0.2) is 4.79 Å². The first kappa shape index (κ1) is 13.5. The minimum absolute atomic E-state index is 0.121. The summed E-state index contributed by atoms with van der Waals surface area (Å²) >= 11 is 3.30. The first-order valence-electron chi connectivity index (χ1n) is 5.58. The molecular formula is C14H11BrO4. The molecule has 2 aromatic rings. The number of ether oxygens (including phenoxy) is 1. The highest BCUT2D eigenvalue weighted by molar-refractivity contribution is 9.10. The molecule has 0 unspecified atom stereocenters. The van der Waals surface area contributed by atoms with Crippen molar-refractivity contribution < 1.29 is 13.9 Å². The maximum absolute atomic E-state index is 11.9. The third kappa shape index (κ3) is 3.79. The van der Waals surface area contributed by atoms with Gasteiger partial charge in [-0.2, -0.15) is 0 Å². The summed E-state index contributed by atoms with van der Waals surface area (Å²) in [4.78, 5) is 23.0. The van der Waals surface area contributed by atoms with Crippen LogP contribution in [0.3, 0.4) is 0 Å². The molecule has 0 bridgehead atoms. The van der Waals surface area contributed by atoms with Crippen LogP contribution in [0.25, 0.3) is 0 Å². The molecule has 0 aliphatic rings. The second-order valence-corrected chi connectivity index (χ2v) is 4.86. The van der Waals surface area contributed by atoms with Gasteiger partial charge in [0.15, 0.2) is 12.4 Å². The van der Waals surface area contributed by atoms with Gasteiger partial charge in [-0.15, -0.1) is 0 Å². The molecule has 19 heavy (non-hydrogen) atoms. The van der Waals surface area contributed by atoms with Crippen molar-refractivity contribution in [3.8, 4) is 5.75 Å². The van der Waals surface area contributed by atoms with Gasteiger partial charge in [-0.3, -0.25) is 4.79 Å². The van der Waals surface area contributed by atoms with Gasteiger partial charge in [-0.05, 0) is 19.1 Å². The summed E-state index contributed by atoms with van der Waals surface area (Å²) in [7, 11) is 0. The van der Waals surface area contributed by atoms with E-state index in [0.29, 0.717) is 17.1 Å². The number of halogens is 1. The molecule has 4 nitrogen and oxygen atoms in total. The van der Waals surface area contributed by atoms with E-state index in [-0.39, 0.29) is 12.4 Å². The monoisotopic (exact) mass is 322 g/mol. The summed E-state index contributed by atoms with van der Waals surface area (Å²) in [6.07, 6.45) is 0. The highest BCUT2D eigenvalue weighted by Gasteiger charge is 2.07. The van der Waals surface area contributed by atoms with E-state index in [1.54, 1.807) is 37.3 Å². The Balaban J connectivity index is 2.04. The van der Waals surface area contributed by atoms with Crippen LogP contribution in [0.4, 0.5) is 0 Å². The Morgan fingerprint density at radius 3 is 2.58 bits per heavy atom. The fraction of sp³-hybridized carbons (Fsp3) is 0.143. The molecule has 0 N–H and O–H groups in total. The van der Waals surface area contributed by atoms with Crippen molar-refractivity contribution in [2.75, 3.05) is 6.61 Å². The standard InChI is InChI=1S/C14H11BrO4/c1-9-6-12(7-14(17)19-9)18-8-13(16)10-2-4-11(15)5-3-10/h2-7H,8H2,1H3. The number of hydrogen-bond acceptors (Lipinski definition) is 4. The molecule has 2 rings (SSSR count). The van der Waals surface area contributed by atoms with Crippen LogP contribution < -0.4 is 10.4 Å². The number of rotatable bonds is 4. The first-order valence-corrected chi connectivity index (χ1v) is 6.37. The quantitative estimate of drug-likeness (QED) is 0.812. The number of carbonyl (C=O) groups excluding carboxylic acids is 1. The van der Waals surface area contributed by atoms with Crippen molar-refractivity contribution in [3.05, 3.63) is 62.6 Å². The third-order valence-electron chi connectivity index (χ3n) is 2.40. The van der Waals surface area contributed by atoms with Crippen molar-refractivity contribution in [1.82, 2.24) is 0 Å². The Labute approximate surface area is 118 Å². The topological polar surface area (TPSA) is 56.5 Å². The zero-order chi connectivity index (χ0) is 13.8. The highest BCUT2D eigenvalue weighted by atomic mass is 79.9. The van der Waals surface area contributed by atoms with Gasteiger partial charge in [-0.1, -0.05) is 28.1 Å². The molecule has 0 spiro atoms. The fourth-order valence-corrected chi connectivity index (χ4v) is 1.79. The summed E-state index contributed by atoms with van der Waals surface area (Å²) in [6, 6.07) is 9.77. The molecule has 0 saturated carbocycles. The highest BCUT2D eigenvalue weighted by Crippen LogP contribution is 2.13. The van der Waals surface area contributed by atoms with Crippen LogP contribution >= 0.6 is 15.9 Å². The summed E-state index contributed by atoms with van der Waals surface area (Å²) in [6.45, 7) is 1.52. The van der Waals surface area contributed by atoms with Crippen LogP contribution in [0.1, 0.15) is 16.1 Å². The molecule has 1 aromatic heterocycles. The molecule has 0 saturated heterocycles. The first-order chi connectivity index (χ1) is 9.04. The molecule has 98 valence electrons. The maximum Gasteiger partial charge on any atom is 0.339 e. The number of aryl methyl sites for hydroxylation is 1. The molecule has 0 amide bonds. The van der Waals surface area contributed by atoms with Gasteiger partial charge in [0.25, 0.3) is 0 Å².